The van der Waals surface area contributed by atoms with E-state index in [1.807, 2.05) is 0 Å². The van der Waals surface area contributed by atoms with Crippen molar-refractivity contribution in [3.63, 3.8) is 0 Å². The summed E-state index contributed by atoms with van der Waals surface area (Å²) in [6.07, 6.45) is 1.61. The van der Waals surface area contributed by atoms with Crippen LogP contribution in [0.25, 0.3) is 0 Å². The second-order valence-electron chi connectivity index (χ2n) is 2.55. The molecule has 1 aliphatic rings. The molecule has 0 aromatic carbocycles. The van der Waals surface area contributed by atoms with Crippen LogP contribution >= 0.6 is 0 Å². The normalized spacial score (nSPS) is 27.9. The van der Waals surface area contributed by atoms with Crippen molar-refractivity contribution in [2.24, 2.45) is 5.41 Å². The molecule has 0 spiro atoms. The maximum Gasteiger partial charge on any atom is 0.327 e. The lowest BCUT2D eigenvalue weighted by Crippen LogP contribution is -2.34. The Kier molecular flexibility index (Phi) is 2.17. The predicted molar refractivity (Wildman–Crippen MR) is 40.2 cm³/mol. The zero-order valence-corrected chi connectivity index (χ0v) is 6.83. The number of cyclic esters (lactones) is 1. The lowest BCUT2D eigenvalue weighted by molar-refractivity contribution is -0.159. The van der Waals surface area contributed by atoms with Crippen molar-refractivity contribution in [1.29, 1.82) is 0 Å². The molecule has 0 aromatic heterocycles. The van der Waals surface area contributed by atoms with Crippen molar-refractivity contribution in [2.45, 2.75) is 6.42 Å². The first-order valence-electron chi connectivity index (χ1n) is 3.56. The minimum absolute atomic E-state index is 0.250. The third-order valence-corrected chi connectivity index (χ3v) is 1.99. The van der Waals surface area contributed by atoms with Gasteiger partial charge >= 0.3 is 11.9 Å². The molecule has 0 amide bonds. The number of hydrogen-bond acceptors (Lipinski definition) is 4. The fourth-order valence-electron chi connectivity index (χ4n) is 1.17. The molecular formula is C8H10O4. The Morgan fingerprint density at radius 1 is 1.83 bits per heavy atom. The van der Waals surface area contributed by atoms with Gasteiger partial charge in [-0.05, 0) is 0 Å². The summed E-state index contributed by atoms with van der Waals surface area (Å²) < 4.78 is 9.16. The highest BCUT2D eigenvalue weighted by atomic mass is 16.6. The van der Waals surface area contributed by atoms with Crippen LogP contribution in [-0.2, 0) is 19.1 Å². The van der Waals surface area contributed by atoms with E-state index >= 15 is 0 Å². The molecule has 0 aromatic rings. The summed E-state index contributed by atoms with van der Waals surface area (Å²) in [6.45, 7) is 3.68. The standard InChI is InChI=1S/C8H10O4/c1-3-8(6(9)11-2)4-5-12-7(8)10/h3H,1,4-5H2,2H3. The van der Waals surface area contributed by atoms with Gasteiger partial charge in [-0.25, -0.2) is 0 Å². The van der Waals surface area contributed by atoms with Crippen LogP contribution in [0, 0.1) is 5.41 Å². The van der Waals surface area contributed by atoms with E-state index in [0.29, 0.717) is 6.42 Å². The average Bonchev–Trinajstić information content (AvgIpc) is 2.46. The molecule has 1 aliphatic heterocycles. The number of rotatable bonds is 2. The molecule has 0 N–H and O–H groups in total. The number of ether oxygens (including phenoxy) is 2. The molecule has 4 nitrogen and oxygen atoms in total. The summed E-state index contributed by atoms with van der Waals surface area (Å²) in [5.41, 5.74) is -1.26. The van der Waals surface area contributed by atoms with E-state index in [0.717, 1.165) is 0 Å². The zero-order valence-electron chi connectivity index (χ0n) is 6.83. The first kappa shape index (κ1) is 8.77. The van der Waals surface area contributed by atoms with Crippen LogP contribution in [-0.4, -0.2) is 25.7 Å². The Balaban J connectivity index is 2.96. The summed E-state index contributed by atoms with van der Waals surface area (Å²) >= 11 is 0. The van der Waals surface area contributed by atoms with Crippen LogP contribution in [0.4, 0.5) is 0 Å². The molecule has 0 aliphatic carbocycles. The molecule has 0 saturated carbocycles. The van der Waals surface area contributed by atoms with Gasteiger partial charge in [-0.2, -0.15) is 0 Å². The van der Waals surface area contributed by atoms with Gasteiger partial charge in [-0.1, -0.05) is 6.08 Å². The third-order valence-electron chi connectivity index (χ3n) is 1.99. The van der Waals surface area contributed by atoms with Gasteiger partial charge < -0.3 is 9.47 Å². The van der Waals surface area contributed by atoms with Gasteiger partial charge in [0.15, 0.2) is 5.41 Å². The number of carbonyl (C=O) groups is 2. The number of esters is 2. The van der Waals surface area contributed by atoms with Gasteiger partial charge in [0, 0.05) is 6.42 Å². The van der Waals surface area contributed by atoms with Gasteiger partial charge in [0.1, 0.15) is 0 Å². The number of carbonyl (C=O) groups excluding carboxylic acids is 2. The molecule has 4 heteroatoms. The Morgan fingerprint density at radius 2 is 2.50 bits per heavy atom. The minimum Gasteiger partial charge on any atom is -0.468 e. The first-order chi connectivity index (χ1) is 5.67. The van der Waals surface area contributed by atoms with Crippen LogP contribution in [0.15, 0.2) is 12.7 Å². The lowest BCUT2D eigenvalue weighted by Gasteiger charge is -2.15. The molecule has 1 fully saturated rings. The SMILES string of the molecule is C=CC1(C(=O)OC)CCOC1=O. The molecule has 1 heterocycles. The number of methoxy groups -OCH3 is 1. The smallest absolute Gasteiger partial charge is 0.327 e. The molecule has 0 radical (unpaired) electrons. The summed E-state index contributed by atoms with van der Waals surface area (Å²) in [7, 11) is 1.24. The summed E-state index contributed by atoms with van der Waals surface area (Å²) in [6, 6.07) is 0. The van der Waals surface area contributed by atoms with Gasteiger partial charge in [0.05, 0.1) is 13.7 Å². The van der Waals surface area contributed by atoms with E-state index < -0.39 is 17.4 Å². The topological polar surface area (TPSA) is 52.6 Å². The van der Waals surface area contributed by atoms with E-state index in [-0.39, 0.29) is 6.61 Å². The Hall–Kier alpha value is -1.32. The first-order valence-corrected chi connectivity index (χ1v) is 3.56. The largest absolute Gasteiger partial charge is 0.468 e. The molecule has 1 atom stereocenters. The fraction of sp³-hybridized carbons (Fsp3) is 0.500. The monoisotopic (exact) mass is 170 g/mol. The highest BCUT2D eigenvalue weighted by Gasteiger charge is 2.49. The Labute approximate surface area is 70.1 Å². The molecule has 1 rings (SSSR count). The van der Waals surface area contributed by atoms with Crippen molar-refractivity contribution in [1.82, 2.24) is 0 Å². The highest BCUT2D eigenvalue weighted by Crippen LogP contribution is 2.32. The third kappa shape index (κ3) is 0.995. The van der Waals surface area contributed by atoms with Crippen LogP contribution in [0.1, 0.15) is 6.42 Å². The highest BCUT2D eigenvalue weighted by molar-refractivity contribution is 6.03. The van der Waals surface area contributed by atoms with E-state index in [1.54, 1.807) is 0 Å². The van der Waals surface area contributed by atoms with Gasteiger partial charge in [0.2, 0.25) is 0 Å². The summed E-state index contributed by atoms with van der Waals surface area (Å²) in [4.78, 5) is 22.3. The zero-order chi connectivity index (χ0) is 9.19. The van der Waals surface area contributed by atoms with Crippen LogP contribution < -0.4 is 0 Å². The average molecular weight is 170 g/mol. The van der Waals surface area contributed by atoms with Crippen molar-refractivity contribution in [3.05, 3.63) is 12.7 Å². The van der Waals surface area contributed by atoms with Crippen molar-refractivity contribution >= 4 is 11.9 Å². The van der Waals surface area contributed by atoms with E-state index in [4.69, 9.17) is 0 Å². The molecule has 0 bridgehead atoms. The van der Waals surface area contributed by atoms with Crippen LogP contribution in [0.3, 0.4) is 0 Å². The summed E-state index contributed by atoms with van der Waals surface area (Å²) in [5, 5.41) is 0. The fourth-order valence-corrected chi connectivity index (χ4v) is 1.17. The van der Waals surface area contributed by atoms with E-state index in [2.05, 4.69) is 16.1 Å². The quantitative estimate of drug-likeness (QED) is 0.339. The van der Waals surface area contributed by atoms with Crippen LogP contribution in [0.5, 0.6) is 0 Å². The van der Waals surface area contributed by atoms with Gasteiger partial charge in [-0.15, -0.1) is 6.58 Å². The Bertz CT molecular complexity index is 233. The summed E-state index contributed by atoms with van der Waals surface area (Å²) in [5.74, 6) is -1.16. The second kappa shape index (κ2) is 2.97. The van der Waals surface area contributed by atoms with Crippen molar-refractivity contribution in [2.75, 3.05) is 13.7 Å². The molecule has 1 unspecified atom stereocenters. The lowest BCUT2D eigenvalue weighted by atomic mass is 9.87. The molecule has 66 valence electrons. The van der Waals surface area contributed by atoms with Gasteiger partial charge in [-0.3, -0.25) is 9.59 Å². The Morgan fingerprint density at radius 3 is 2.83 bits per heavy atom. The van der Waals surface area contributed by atoms with E-state index in [1.165, 1.54) is 13.2 Å². The molecular weight excluding hydrogens is 160 g/mol. The maximum atomic E-state index is 11.2. The van der Waals surface area contributed by atoms with E-state index in [9.17, 15) is 9.59 Å². The minimum atomic E-state index is -1.26. The molecule has 12 heavy (non-hydrogen) atoms. The van der Waals surface area contributed by atoms with Crippen LogP contribution in [0.2, 0.25) is 0 Å². The second-order valence-corrected chi connectivity index (χ2v) is 2.55. The number of hydrogen-bond donors (Lipinski definition) is 0. The molecule has 1 saturated heterocycles. The predicted octanol–water partition coefficient (Wildman–Crippen LogP) is 0.279. The van der Waals surface area contributed by atoms with Crippen molar-refractivity contribution < 1.29 is 19.1 Å². The maximum absolute atomic E-state index is 11.2. The van der Waals surface area contributed by atoms with Gasteiger partial charge in [0.25, 0.3) is 0 Å². The van der Waals surface area contributed by atoms with Crippen molar-refractivity contribution in [3.8, 4) is 0 Å².